The number of hydrogen-bond donors (Lipinski definition) is 2. The highest BCUT2D eigenvalue weighted by Gasteiger charge is 2.21. The number of rotatable bonds is 4. The number of anilines is 2. The van der Waals surface area contributed by atoms with E-state index in [9.17, 15) is 0 Å². The lowest BCUT2D eigenvalue weighted by molar-refractivity contribution is 0.672. The van der Waals surface area contributed by atoms with Crippen LogP contribution in [0.4, 0.5) is 11.8 Å². The second-order valence-corrected chi connectivity index (χ2v) is 7.72. The number of hydrogen-bond acceptors (Lipinski definition) is 5. The topological polar surface area (TPSA) is 79.4 Å². The summed E-state index contributed by atoms with van der Waals surface area (Å²) in [5, 5.41) is 11.7. The van der Waals surface area contributed by atoms with Crippen LogP contribution < -0.4 is 5.32 Å². The average molecular weight is 403 g/mol. The molecular weight excluding hydrogens is 383 g/mol. The van der Waals surface area contributed by atoms with Gasteiger partial charge in [0, 0.05) is 27.8 Å². The molecule has 0 saturated heterocycles. The molecule has 2 aromatic heterocycles. The molecule has 1 aromatic carbocycles. The summed E-state index contributed by atoms with van der Waals surface area (Å²) in [6.07, 6.45) is 4.84. The van der Waals surface area contributed by atoms with Crippen LogP contribution in [0.5, 0.6) is 0 Å². The normalized spacial score (nSPS) is 14.7. The van der Waals surface area contributed by atoms with Gasteiger partial charge in [-0.25, -0.2) is 9.97 Å². The van der Waals surface area contributed by atoms with Gasteiger partial charge < -0.3 is 5.32 Å². The number of aryl methyl sites for hydroxylation is 1. The van der Waals surface area contributed by atoms with E-state index in [1.165, 1.54) is 25.7 Å². The van der Waals surface area contributed by atoms with Crippen molar-refractivity contribution in [2.75, 3.05) is 5.32 Å². The van der Waals surface area contributed by atoms with Gasteiger partial charge in [-0.3, -0.25) is 5.10 Å². The molecular formula is C19H20Cl2N6. The molecule has 0 spiro atoms. The van der Waals surface area contributed by atoms with Crippen LogP contribution in [0.3, 0.4) is 0 Å². The Morgan fingerprint density at radius 3 is 2.59 bits per heavy atom. The smallest absolute Gasteiger partial charge is 0.247 e. The van der Waals surface area contributed by atoms with E-state index >= 15 is 0 Å². The number of H-pyrrole nitrogens is 1. The number of nitrogens with zero attached hydrogens (tertiary/aromatic N) is 4. The fourth-order valence-electron chi connectivity index (χ4n) is 3.36. The fourth-order valence-corrected chi connectivity index (χ4v) is 3.85. The van der Waals surface area contributed by atoms with Crippen LogP contribution in [-0.4, -0.2) is 25.1 Å². The SMILES string of the molecule is Cc1nc(-c2ccc(Cl)cc2Cl)nc(Nc2n[nH]c(C3CCCC3)n2)c1C. The van der Waals surface area contributed by atoms with E-state index in [0.717, 1.165) is 22.6 Å². The van der Waals surface area contributed by atoms with E-state index in [2.05, 4.69) is 30.5 Å². The van der Waals surface area contributed by atoms with E-state index in [4.69, 9.17) is 23.2 Å². The van der Waals surface area contributed by atoms with Crippen molar-refractivity contribution in [2.45, 2.75) is 45.4 Å². The third-order valence-electron chi connectivity index (χ3n) is 5.04. The number of benzene rings is 1. The summed E-state index contributed by atoms with van der Waals surface area (Å²) in [4.78, 5) is 13.8. The highest BCUT2D eigenvalue weighted by atomic mass is 35.5. The Bertz CT molecular complexity index is 978. The highest BCUT2D eigenvalue weighted by molar-refractivity contribution is 6.36. The van der Waals surface area contributed by atoms with Gasteiger partial charge in [-0.15, -0.1) is 5.10 Å². The summed E-state index contributed by atoms with van der Waals surface area (Å²) in [6.45, 7) is 3.91. The Kier molecular flexibility index (Phi) is 5.02. The zero-order valence-corrected chi connectivity index (χ0v) is 16.7. The predicted octanol–water partition coefficient (Wildman–Crippen LogP) is 5.59. The van der Waals surface area contributed by atoms with E-state index < -0.39 is 0 Å². The van der Waals surface area contributed by atoms with Gasteiger partial charge in [0.1, 0.15) is 11.6 Å². The lowest BCUT2D eigenvalue weighted by Crippen LogP contribution is -2.04. The number of aromatic nitrogens is 5. The summed E-state index contributed by atoms with van der Waals surface area (Å²) in [7, 11) is 0. The van der Waals surface area contributed by atoms with Crippen LogP contribution in [0, 0.1) is 13.8 Å². The van der Waals surface area contributed by atoms with Crippen molar-refractivity contribution in [1.29, 1.82) is 0 Å². The lowest BCUT2D eigenvalue weighted by atomic mass is 10.1. The second-order valence-electron chi connectivity index (χ2n) is 6.88. The monoisotopic (exact) mass is 402 g/mol. The Morgan fingerprint density at radius 1 is 1.07 bits per heavy atom. The molecule has 0 amide bonds. The maximum atomic E-state index is 6.33. The molecule has 0 bridgehead atoms. The van der Waals surface area contributed by atoms with Crippen molar-refractivity contribution in [2.24, 2.45) is 0 Å². The summed E-state index contributed by atoms with van der Waals surface area (Å²) >= 11 is 12.3. The third kappa shape index (κ3) is 3.77. The first-order valence-electron chi connectivity index (χ1n) is 9.01. The second kappa shape index (κ2) is 7.44. The number of halogens is 2. The number of nitrogens with one attached hydrogen (secondary N) is 2. The van der Waals surface area contributed by atoms with Gasteiger partial charge in [-0.05, 0) is 44.9 Å². The molecule has 140 valence electrons. The predicted molar refractivity (Wildman–Crippen MR) is 108 cm³/mol. The minimum Gasteiger partial charge on any atom is -0.307 e. The summed E-state index contributed by atoms with van der Waals surface area (Å²) in [6, 6.07) is 5.29. The van der Waals surface area contributed by atoms with Gasteiger partial charge >= 0.3 is 0 Å². The maximum absolute atomic E-state index is 6.33. The molecule has 0 radical (unpaired) electrons. The molecule has 1 fully saturated rings. The van der Waals surface area contributed by atoms with Crippen LogP contribution in [0.2, 0.25) is 10.0 Å². The summed E-state index contributed by atoms with van der Waals surface area (Å²) in [5.41, 5.74) is 2.53. The molecule has 0 unspecified atom stereocenters. The molecule has 27 heavy (non-hydrogen) atoms. The quantitative estimate of drug-likeness (QED) is 0.594. The molecule has 0 aliphatic heterocycles. The van der Waals surface area contributed by atoms with Gasteiger partial charge in [-0.1, -0.05) is 36.0 Å². The van der Waals surface area contributed by atoms with Crippen LogP contribution >= 0.6 is 23.2 Å². The Labute approximate surface area is 167 Å². The van der Waals surface area contributed by atoms with Crippen molar-refractivity contribution in [3.63, 3.8) is 0 Å². The maximum Gasteiger partial charge on any atom is 0.247 e. The molecule has 8 heteroatoms. The van der Waals surface area contributed by atoms with Gasteiger partial charge in [0.25, 0.3) is 0 Å². The van der Waals surface area contributed by atoms with Crippen molar-refractivity contribution in [3.05, 3.63) is 45.3 Å². The van der Waals surface area contributed by atoms with E-state index in [1.807, 2.05) is 19.9 Å². The summed E-state index contributed by atoms with van der Waals surface area (Å²) < 4.78 is 0. The Balaban J connectivity index is 1.65. The van der Waals surface area contributed by atoms with Crippen molar-refractivity contribution in [1.82, 2.24) is 25.1 Å². The average Bonchev–Trinajstić information content (AvgIpc) is 3.30. The number of aromatic amines is 1. The molecule has 3 aromatic rings. The van der Waals surface area contributed by atoms with E-state index in [0.29, 0.717) is 33.6 Å². The largest absolute Gasteiger partial charge is 0.307 e. The molecule has 1 saturated carbocycles. The fraction of sp³-hybridized carbons (Fsp3) is 0.368. The minimum atomic E-state index is 0.477. The molecule has 1 aliphatic rings. The van der Waals surface area contributed by atoms with Gasteiger partial charge in [0.05, 0.1) is 5.02 Å². The van der Waals surface area contributed by atoms with Crippen LogP contribution in [0.25, 0.3) is 11.4 Å². The van der Waals surface area contributed by atoms with Crippen LogP contribution in [-0.2, 0) is 0 Å². The zero-order valence-electron chi connectivity index (χ0n) is 15.2. The highest BCUT2D eigenvalue weighted by Crippen LogP contribution is 2.33. The first-order chi connectivity index (χ1) is 13.0. The molecule has 2 N–H and O–H groups in total. The zero-order chi connectivity index (χ0) is 19.0. The molecule has 4 rings (SSSR count). The summed E-state index contributed by atoms with van der Waals surface area (Å²) in [5.74, 6) is 3.14. The first kappa shape index (κ1) is 18.2. The third-order valence-corrected chi connectivity index (χ3v) is 5.58. The van der Waals surface area contributed by atoms with E-state index in [-0.39, 0.29) is 0 Å². The van der Waals surface area contributed by atoms with Gasteiger partial charge in [0.2, 0.25) is 5.95 Å². The Hall–Kier alpha value is -2.18. The van der Waals surface area contributed by atoms with Crippen molar-refractivity contribution >= 4 is 35.0 Å². The van der Waals surface area contributed by atoms with Crippen molar-refractivity contribution < 1.29 is 0 Å². The molecule has 2 heterocycles. The Morgan fingerprint density at radius 2 is 1.85 bits per heavy atom. The first-order valence-corrected chi connectivity index (χ1v) is 9.77. The minimum absolute atomic E-state index is 0.477. The van der Waals surface area contributed by atoms with Gasteiger partial charge in [0.15, 0.2) is 5.82 Å². The molecule has 6 nitrogen and oxygen atoms in total. The standard InChI is InChI=1S/C19H20Cl2N6/c1-10-11(2)22-18(14-8-7-13(20)9-15(14)21)23-16(10)24-19-25-17(26-27-19)12-5-3-4-6-12/h7-9,12H,3-6H2,1-2H3,(H2,22,23,24,25,26,27). The van der Waals surface area contributed by atoms with E-state index in [1.54, 1.807) is 12.1 Å². The lowest BCUT2D eigenvalue weighted by Gasteiger charge is -2.11. The van der Waals surface area contributed by atoms with Crippen LogP contribution in [0.15, 0.2) is 18.2 Å². The van der Waals surface area contributed by atoms with Crippen LogP contribution in [0.1, 0.15) is 48.7 Å². The van der Waals surface area contributed by atoms with Gasteiger partial charge in [-0.2, -0.15) is 4.98 Å². The molecule has 1 aliphatic carbocycles. The molecule has 0 atom stereocenters. The van der Waals surface area contributed by atoms with Crippen molar-refractivity contribution in [3.8, 4) is 11.4 Å².